The van der Waals surface area contributed by atoms with Gasteiger partial charge in [-0.3, -0.25) is 28.0 Å². The molecule has 250 valence electrons. The second kappa shape index (κ2) is 12.0. The molecule has 3 unspecified atom stereocenters. The maximum absolute atomic E-state index is 13.0. The number of aliphatic hydroxyl groups is 3. The lowest BCUT2D eigenvalue weighted by Crippen LogP contribution is -2.37. The number of nitrogens with zero attached hydrogens (tertiary/aromatic N) is 7. The molecule has 0 spiro atoms. The number of fused-ring (bicyclic) bond motifs is 2. The number of phosphoric acid groups is 2. The minimum Gasteiger partial charge on any atom is -0.756 e. The highest BCUT2D eigenvalue weighted by atomic mass is 31.2. The quantitative estimate of drug-likeness (QED) is 0.0734. The van der Waals surface area contributed by atoms with Crippen LogP contribution in [0.15, 0.2) is 23.8 Å². The first-order valence-electron chi connectivity index (χ1n) is 13.0. The predicted molar refractivity (Wildman–Crippen MR) is 145 cm³/mol. The number of H-pyrrole nitrogens is 1. The lowest BCUT2D eigenvalue weighted by molar-refractivity contribution is -0.237. The van der Waals surface area contributed by atoms with E-state index in [4.69, 9.17) is 39.8 Å². The molecule has 4 aromatic heterocycles. The van der Waals surface area contributed by atoms with Crippen molar-refractivity contribution >= 4 is 49.7 Å². The van der Waals surface area contributed by atoms with Crippen LogP contribution in [0.4, 0.5) is 11.8 Å². The topological polar surface area (TPSA) is 364 Å². The number of aliphatic hydroxyl groups excluding tert-OH is 3. The fourth-order valence-corrected chi connectivity index (χ4v) is 6.25. The summed E-state index contributed by atoms with van der Waals surface area (Å²) < 4.78 is 52.3. The molecule has 10 N–H and O–H groups in total. The maximum atomic E-state index is 13.0. The molecule has 2 aliphatic rings. The SMILES string of the molecule is Nc1nc2c(ncn2[C@@H]2O[C@H](COP(=O)([O-])O[C@H]3C(O)[C@@H](COP(=O)(O)O)O[C@H]3n3cnc4c(N)ncnc43)C(O)[C@@H]2O)c(=O)[nH]1. The normalized spacial score (nSPS) is 30.0. The Hall–Kier alpha value is -3.48. The zero-order valence-electron chi connectivity index (χ0n) is 22.9. The first kappa shape index (κ1) is 32.5. The molecule has 0 aliphatic carbocycles. The van der Waals surface area contributed by atoms with E-state index in [1.807, 2.05) is 0 Å². The van der Waals surface area contributed by atoms with Gasteiger partial charge in [0.15, 0.2) is 35.1 Å². The molecule has 0 bridgehead atoms. The first-order chi connectivity index (χ1) is 21.6. The van der Waals surface area contributed by atoms with Crippen molar-refractivity contribution in [2.45, 2.75) is 49.1 Å². The van der Waals surface area contributed by atoms with E-state index in [0.717, 1.165) is 28.1 Å². The molecule has 6 rings (SSSR count). The summed E-state index contributed by atoms with van der Waals surface area (Å²) in [4.78, 5) is 65.3. The van der Waals surface area contributed by atoms with Crippen molar-refractivity contribution < 1.29 is 62.2 Å². The number of ether oxygens (including phenoxy) is 2. The van der Waals surface area contributed by atoms with E-state index in [0.29, 0.717) is 0 Å². The van der Waals surface area contributed by atoms with Gasteiger partial charge in [0.25, 0.3) is 13.4 Å². The number of aromatic amines is 1. The molecule has 0 radical (unpaired) electrons. The highest BCUT2D eigenvalue weighted by Gasteiger charge is 2.49. The summed E-state index contributed by atoms with van der Waals surface area (Å²) in [6.45, 7) is -1.79. The van der Waals surface area contributed by atoms with E-state index in [1.54, 1.807) is 0 Å². The number of anilines is 2. The summed E-state index contributed by atoms with van der Waals surface area (Å²) in [7, 11) is -10.5. The Morgan fingerprint density at radius 2 is 1.52 bits per heavy atom. The van der Waals surface area contributed by atoms with Crippen molar-refractivity contribution in [3.8, 4) is 0 Å². The number of nitrogen functional groups attached to an aromatic ring is 2. The molecule has 6 heterocycles. The number of hydrogen-bond donors (Lipinski definition) is 8. The number of nitrogens with two attached hydrogens (primary N) is 2. The van der Waals surface area contributed by atoms with Crippen molar-refractivity contribution in [1.29, 1.82) is 0 Å². The number of imidazole rings is 2. The molecule has 2 aliphatic heterocycles. The zero-order valence-corrected chi connectivity index (χ0v) is 24.6. The number of nitrogens with one attached hydrogen (secondary N) is 1. The van der Waals surface area contributed by atoms with E-state index in [2.05, 4.69) is 34.4 Å². The molecule has 4 aromatic rings. The summed E-state index contributed by atoms with van der Waals surface area (Å²) in [5.74, 6) is -0.299. The first-order valence-corrected chi connectivity index (χ1v) is 16.0. The largest absolute Gasteiger partial charge is 0.756 e. The Labute approximate surface area is 254 Å². The molecule has 2 saturated heterocycles. The zero-order chi connectivity index (χ0) is 33.1. The van der Waals surface area contributed by atoms with E-state index in [-0.39, 0.29) is 34.1 Å². The van der Waals surface area contributed by atoms with Gasteiger partial charge in [0.1, 0.15) is 48.5 Å². The fourth-order valence-electron chi connectivity index (χ4n) is 4.99. The number of hydrogen-bond acceptors (Lipinski definition) is 19. The summed E-state index contributed by atoms with van der Waals surface area (Å²) in [5.41, 5.74) is 10.6. The molecular weight excluding hydrogens is 666 g/mol. The van der Waals surface area contributed by atoms with Crippen LogP contribution in [0, 0.1) is 0 Å². The molecule has 2 fully saturated rings. The van der Waals surface area contributed by atoms with Gasteiger partial charge in [-0.2, -0.15) is 4.98 Å². The highest BCUT2D eigenvalue weighted by molar-refractivity contribution is 7.46. The lowest BCUT2D eigenvalue weighted by atomic mass is 10.1. The second-order valence-electron chi connectivity index (χ2n) is 10.1. The Balaban J connectivity index is 1.20. The van der Waals surface area contributed by atoms with Crippen LogP contribution in [0.25, 0.3) is 22.3 Å². The maximum Gasteiger partial charge on any atom is 0.469 e. The standard InChI is InChI=1S/C20H26N10O14P2/c21-14-8-15(24-3-23-14)29(4-25-8)19-13(11(32)7(43-19)1-40-45(35,36)37)44-46(38,39)41-2-6-10(31)12(33)18(42-6)30-5-26-9-16(30)27-20(22)28-17(9)34/h3-7,10-13,18-19,31-33H,1-2H2,(H,38,39)(H2,21,23,24)(H2,35,36,37)(H3,22,27,28,34)/p-1/t6-,7-,10?,11?,12+,13+,18-,19-/m1/s1. The molecule has 0 saturated carbocycles. The van der Waals surface area contributed by atoms with Gasteiger partial charge in [-0.25, -0.2) is 24.5 Å². The number of rotatable bonds is 10. The Bertz CT molecular complexity index is 1910. The third-order valence-corrected chi connectivity index (χ3v) is 8.54. The molecule has 9 atom stereocenters. The molecular formula is C20H25N10O14P2-. The number of phosphoric ester groups is 2. The molecule has 0 amide bonds. The van der Waals surface area contributed by atoms with Crippen LogP contribution in [0.1, 0.15) is 12.5 Å². The van der Waals surface area contributed by atoms with Crippen molar-refractivity contribution in [2.24, 2.45) is 0 Å². The van der Waals surface area contributed by atoms with Crippen LogP contribution in [0.5, 0.6) is 0 Å². The molecule has 24 nitrogen and oxygen atoms in total. The van der Waals surface area contributed by atoms with E-state index >= 15 is 0 Å². The summed E-state index contributed by atoms with van der Waals surface area (Å²) in [6, 6.07) is 0. The Kier molecular flexibility index (Phi) is 8.43. The monoisotopic (exact) mass is 691 g/mol. The lowest BCUT2D eigenvalue weighted by Gasteiger charge is -2.30. The third-order valence-electron chi connectivity index (χ3n) is 7.09. The van der Waals surface area contributed by atoms with Gasteiger partial charge in [0.05, 0.1) is 25.9 Å². The third kappa shape index (κ3) is 6.14. The van der Waals surface area contributed by atoms with E-state index in [9.17, 15) is 34.1 Å². The minimum absolute atomic E-state index is 0.0317. The summed E-state index contributed by atoms with van der Waals surface area (Å²) in [6.07, 6.45) is -9.74. The van der Waals surface area contributed by atoms with Crippen molar-refractivity contribution in [3.63, 3.8) is 0 Å². The minimum atomic E-state index is -5.44. The van der Waals surface area contributed by atoms with Crippen LogP contribution >= 0.6 is 15.6 Å². The smallest absolute Gasteiger partial charge is 0.469 e. The fraction of sp³-hybridized carbons (Fsp3) is 0.500. The van der Waals surface area contributed by atoms with Crippen LogP contribution in [0.2, 0.25) is 0 Å². The predicted octanol–water partition coefficient (Wildman–Crippen LogP) is -4.02. The van der Waals surface area contributed by atoms with Gasteiger partial charge >= 0.3 is 7.82 Å². The van der Waals surface area contributed by atoms with E-state index < -0.39 is 83.5 Å². The van der Waals surface area contributed by atoms with Gasteiger partial charge < -0.3 is 60.0 Å². The summed E-state index contributed by atoms with van der Waals surface area (Å²) in [5, 5.41) is 32.1. The van der Waals surface area contributed by atoms with Crippen molar-refractivity contribution in [1.82, 2.24) is 39.0 Å². The van der Waals surface area contributed by atoms with Gasteiger partial charge in [-0.1, -0.05) is 0 Å². The summed E-state index contributed by atoms with van der Waals surface area (Å²) >= 11 is 0. The van der Waals surface area contributed by atoms with Crippen LogP contribution in [0.3, 0.4) is 0 Å². The van der Waals surface area contributed by atoms with Crippen LogP contribution < -0.4 is 21.9 Å². The van der Waals surface area contributed by atoms with Gasteiger partial charge in [-0.15, -0.1) is 0 Å². The molecule has 46 heavy (non-hydrogen) atoms. The number of aromatic nitrogens is 8. The van der Waals surface area contributed by atoms with Gasteiger partial charge in [0, 0.05) is 0 Å². The van der Waals surface area contributed by atoms with Crippen LogP contribution in [-0.2, 0) is 32.2 Å². The van der Waals surface area contributed by atoms with Crippen molar-refractivity contribution in [2.75, 3.05) is 24.7 Å². The second-order valence-corrected chi connectivity index (χ2v) is 12.7. The van der Waals surface area contributed by atoms with Crippen molar-refractivity contribution in [3.05, 3.63) is 29.3 Å². The van der Waals surface area contributed by atoms with Crippen LogP contribution in [-0.4, -0.2) is 114 Å². The average Bonchev–Trinajstić information content (AvgIpc) is 3.73. The Morgan fingerprint density at radius 1 is 0.891 bits per heavy atom. The molecule has 0 aromatic carbocycles. The average molecular weight is 691 g/mol. The van der Waals surface area contributed by atoms with Gasteiger partial charge in [-0.05, 0) is 0 Å². The van der Waals surface area contributed by atoms with Gasteiger partial charge in [0.2, 0.25) is 5.95 Å². The highest BCUT2D eigenvalue weighted by Crippen LogP contribution is 2.48. The molecule has 26 heteroatoms. The Morgan fingerprint density at radius 3 is 2.24 bits per heavy atom. The van der Waals surface area contributed by atoms with E-state index in [1.165, 1.54) is 0 Å².